The van der Waals surface area contributed by atoms with Crippen molar-refractivity contribution in [2.75, 3.05) is 0 Å². The fourth-order valence-corrected chi connectivity index (χ4v) is 2.89. The van der Waals surface area contributed by atoms with Crippen LogP contribution in [-0.4, -0.2) is 11.8 Å². The number of nitrogens with zero attached hydrogens (tertiary/aromatic N) is 2. The molecule has 1 saturated heterocycles. The Bertz CT molecular complexity index is 738. The molecule has 5 heteroatoms. The second kappa shape index (κ2) is 5.78. The lowest BCUT2D eigenvalue weighted by Crippen LogP contribution is -2.59. The highest BCUT2D eigenvalue weighted by Gasteiger charge is 2.50. The fourth-order valence-electron chi connectivity index (χ4n) is 2.89. The molecule has 2 aromatic rings. The third-order valence-electron chi connectivity index (χ3n) is 3.88. The van der Waals surface area contributed by atoms with E-state index in [2.05, 4.69) is 5.32 Å². The van der Waals surface area contributed by atoms with Gasteiger partial charge in [0.1, 0.15) is 5.92 Å². The number of pyridine rings is 1. The molecular formula is C17H14N3O2+. The van der Waals surface area contributed by atoms with Crippen LogP contribution in [-0.2, 0) is 9.59 Å². The molecule has 1 aromatic carbocycles. The van der Waals surface area contributed by atoms with E-state index in [0.29, 0.717) is 0 Å². The van der Waals surface area contributed by atoms with E-state index in [0.717, 1.165) is 5.56 Å². The molecule has 1 N–H and O–H groups in total. The second-order valence-corrected chi connectivity index (χ2v) is 5.16. The Hall–Kier alpha value is -3.00. The zero-order valence-corrected chi connectivity index (χ0v) is 11.7. The number of piperidine rings is 1. The molecule has 0 radical (unpaired) electrons. The van der Waals surface area contributed by atoms with E-state index in [9.17, 15) is 14.9 Å². The average molecular weight is 292 g/mol. The van der Waals surface area contributed by atoms with Gasteiger partial charge in [-0.1, -0.05) is 36.4 Å². The van der Waals surface area contributed by atoms with E-state index in [-0.39, 0.29) is 5.91 Å². The molecule has 0 saturated carbocycles. The number of amides is 2. The van der Waals surface area contributed by atoms with Crippen molar-refractivity contribution in [1.82, 2.24) is 5.32 Å². The lowest BCUT2D eigenvalue weighted by molar-refractivity contribution is -0.713. The van der Waals surface area contributed by atoms with Crippen molar-refractivity contribution in [3.63, 3.8) is 0 Å². The quantitative estimate of drug-likeness (QED) is 0.665. The largest absolute Gasteiger partial charge is 0.296 e. The molecule has 0 bridgehead atoms. The van der Waals surface area contributed by atoms with Crippen LogP contribution in [0.2, 0.25) is 0 Å². The molecule has 1 aromatic heterocycles. The van der Waals surface area contributed by atoms with Gasteiger partial charge in [0.25, 0.3) is 5.91 Å². The topological polar surface area (TPSA) is 73.8 Å². The summed E-state index contributed by atoms with van der Waals surface area (Å²) < 4.78 is 1.74. The third-order valence-corrected chi connectivity index (χ3v) is 3.88. The van der Waals surface area contributed by atoms with Crippen LogP contribution in [0.4, 0.5) is 0 Å². The Morgan fingerprint density at radius 2 is 1.59 bits per heavy atom. The Labute approximate surface area is 127 Å². The zero-order valence-electron chi connectivity index (χ0n) is 11.7. The smallest absolute Gasteiger partial charge is 0.289 e. The Morgan fingerprint density at radius 3 is 2.23 bits per heavy atom. The van der Waals surface area contributed by atoms with Crippen molar-refractivity contribution >= 4 is 11.8 Å². The van der Waals surface area contributed by atoms with Crippen LogP contribution in [0.3, 0.4) is 0 Å². The number of nitriles is 1. The van der Waals surface area contributed by atoms with Gasteiger partial charge in [-0.05, 0) is 5.56 Å². The Kier molecular flexibility index (Phi) is 3.67. The van der Waals surface area contributed by atoms with Crippen LogP contribution in [0.25, 0.3) is 0 Å². The van der Waals surface area contributed by atoms with Crippen LogP contribution in [0.15, 0.2) is 60.9 Å². The second-order valence-electron chi connectivity index (χ2n) is 5.16. The summed E-state index contributed by atoms with van der Waals surface area (Å²) in [6.45, 7) is 0. The van der Waals surface area contributed by atoms with Gasteiger partial charge in [-0.15, -0.1) is 0 Å². The van der Waals surface area contributed by atoms with Gasteiger partial charge in [0.15, 0.2) is 12.4 Å². The minimum atomic E-state index is -0.905. The zero-order chi connectivity index (χ0) is 15.5. The van der Waals surface area contributed by atoms with Crippen LogP contribution in [0.5, 0.6) is 0 Å². The number of nitrogens with one attached hydrogen (secondary N) is 1. The van der Waals surface area contributed by atoms with Gasteiger partial charge in [0.05, 0.1) is 12.0 Å². The van der Waals surface area contributed by atoms with Gasteiger partial charge in [-0.3, -0.25) is 14.9 Å². The average Bonchev–Trinajstić information content (AvgIpc) is 2.56. The van der Waals surface area contributed by atoms with Crippen LogP contribution in [0, 0.1) is 17.2 Å². The summed E-state index contributed by atoms with van der Waals surface area (Å²) in [4.78, 5) is 24.4. The van der Waals surface area contributed by atoms with E-state index in [1.165, 1.54) is 0 Å². The molecule has 1 aliphatic rings. The van der Waals surface area contributed by atoms with Crippen molar-refractivity contribution in [3.05, 3.63) is 66.5 Å². The number of benzene rings is 1. The first-order chi connectivity index (χ1) is 10.7. The van der Waals surface area contributed by atoms with Gasteiger partial charge < -0.3 is 0 Å². The van der Waals surface area contributed by atoms with Crippen LogP contribution >= 0.6 is 0 Å². The van der Waals surface area contributed by atoms with E-state index in [4.69, 9.17) is 0 Å². The molecule has 5 nitrogen and oxygen atoms in total. The van der Waals surface area contributed by atoms with E-state index in [1.807, 2.05) is 54.6 Å². The number of rotatable bonds is 2. The van der Waals surface area contributed by atoms with Crippen LogP contribution in [0.1, 0.15) is 17.5 Å². The molecule has 3 atom stereocenters. The summed E-state index contributed by atoms with van der Waals surface area (Å²) in [6.07, 6.45) is 3.54. The molecule has 2 amide bonds. The summed E-state index contributed by atoms with van der Waals surface area (Å²) >= 11 is 0. The molecule has 108 valence electrons. The standard InChI is InChI=1S/C17H13N3O2/c18-11-13-14(12-7-3-1-4-8-12)15(17(22)19-16(13)21)20-9-5-2-6-10-20/h1-10,13-15H/p+1. The Balaban J connectivity index is 2.14. The first-order valence-electron chi connectivity index (χ1n) is 6.97. The molecule has 22 heavy (non-hydrogen) atoms. The van der Waals surface area contributed by atoms with E-state index in [1.54, 1.807) is 17.0 Å². The van der Waals surface area contributed by atoms with Crippen LogP contribution < -0.4 is 9.88 Å². The highest BCUT2D eigenvalue weighted by atomic mass is 16.2. The predicted octanol–water partition coefficient (Wildman–Crippen LogP) is 1.10. The molecule has 0 spiro atoms. The van der Waals surface area contributed by atoms with Gasteiger partial charge in [0.2, 0.25) is 11.9 Å². The number of carbonyl (C=O) groups excluding carboxylic acids is 2. The normalized spacial score (nSPS) is 24.4. The molecule has 2 heterocycles. The van der Waals surface area contributed by atoms with Crippen molar-refractivity contribution < 1.29 is 14.2 Å². The summed E-state index contributed by atoms with van der Waals surface area (Å²) in [5.74, 6) is -2.34. The lowest BCUT2D eigenvalue weighted by Gasteiger charge is -2.29. The lowest BCUT2D eigenvalue weighted by atomic mass is 9.77. The first kappa shape index (κ1) is 14.0. The third kappa shape index (κ3) is 2.35. The summed E-state index contributed by atoms with van der Waals surface area (Å²) in [7, 11) is 0. The number of aromatic nitrogens is 1. The first-order valence-corrected chi connectivity index (χ1v) is 6.97. The molecule has 0 aliphatic carbocycles. The van der Waals surface area contributed by atoms with Gasteiger partial charge >= 0.3 is 0 Å². The number of imide groups is 1. The highest BCUT2D eigenvalue weighted by molar-refractivity contribution is 6.02. The van der Waals surface area contributed by atoms with E-state index >= 15 is 0 Å². The van der Waals surface area contributed by atoms with Crippen molar-refractivity contribution in [1.29, 1.82) is 5.26 Å². The summed E-state index contributed by atoms with van der Waals surface area (Å²) in [5, 5.41) is 11.7. The Morgan fingerprint density at radius 1 is 0.955 bits per heavy atom. The summed E-state index contributed by atoms with van der Waals surface area (Å²) in [6, 6.07) is 16.1. The number of hydrogen-bond donors (Lipinski definition) is 1. The highest BCUT2D eigenvalue weighted by Crippen LogP contribution is 2.35. The summed E-state index contributed by atoms with van der Waals surface area (Å²) in [5.41, 5.74) is 0.804. The number of hydrogen-bond acceptors (Lipinski definition) is 3. The predicted molar refractivity (Wildman–Crippen MR) is 77.1 cm³/mol. The minimum Gasteiger partial charge on any atom is -0.289 e. The molecule has 3 rings (SSSR count). The van der Waals surface area contributed by atoms with Gasteiger partial charge in [-0.25, -0.2) is 0 Å². The molecule has 1 aliphatic heterocycles. The van der Waals surface area contributed by atoms with E-state index < -0.39 is 23.8 Å². The minimum absolute atomic E-state index is 0.387. The molecule has 3 unspecified atom stereocenters. The fraction of sp³-hybridized carbons (Fsp3) is 0.176. The number of carbonyl (C=O) groups is 2. The molecular weight excluding hydrogens is 278 g/mol. The maximum atomic E-state index is 12.4. The molecule has 1 fully saturated rings. The maximum Gasteiger partial charge on any atom is 0.296 e. The van der Waals surface area contributed by atoms with Crippen molar-refractivity contribution in [2.45, 2.75) is 12.0 Å². The van der Waals surface area contributed by atoms with Crippen molar-refractivity contribution in [2.24, 2.45) is 5.92 Å². The van der Waals surface area contributed by atoms with Crippen molar-refractivity contribution in [3.8, 4) is 6.07 Å². The monoisotopic (exact) mass is 292 g/mol. The SMILES string of the molecule is N#CC1C(=O)NC(=O)C([n+]2ccccc2)C1c1ccccc1. The van der Waals surface area contributed by atoms with Gasteiger partial charge in [0, 0.05) is 12.1 Å². The van der Waals surface area contributed by atoms with Gasteiger partial charge in [-0.2, -0.15) is 9.83 Å². The maximum absolute atomic E-state index is 12.4.